The summed E-state index contributed by atoms with van der Waals surface area (Å²) >= 11 is 0. The van der Waals surface area contributed by atoms with Gasteiger partial charge in [0.1, 0.15) is 0 Å². The Morgan fingerprint density at radius 2 is 1.67 bits per heavy atom. The molecule has 3 unspecified atom stereocenters. The summed E-state index contributed by atoms with van der Waals surface area (Å²) in [6.45, 7) is 13.3. The van der Waals surface area contributed by atoms with Crippen LogP contribution in [0.5, 0.6) is 0 Å². The maximum atomic E-state index is 4.01. The molecule has 0 aromatic heterocycles. The van der Waals surface area contributed by atoms with Crippen molar-refractivity contribution in [1.29, 1.82) is 0 Å². The minimum atomic E-state index is 0.846. The lowest BCUT2D eigenvalue weighted by Crippen LogP contribution is -2.13. The third kappa shape index (κ3) is 4.13. The lowest BCUT2D eigenvalue weighted by atomic mass is 9.83. The third-order valence-electron chi connectivity index (χ3n) is 3.17. The van der Waals surface area contributed by atoms with Gasteiger partial charge in [-0.15, -0.1) is 0 Å². The molecule has 0 spiro atoms. The Morgan fingerprint density at radius 1 is 1.08 bits per heavy atom. The average molecular weight is 169 g/mol. The van der Waals surface area contributed by atoms with Crippen molar-refractivity contribution in [2.75, 3.05) is 0 Å². The van der Waals surface area contributed by atoms with E-state index in [9.17, 15) is 0 Å². The van der Waals surface area contributed by atoms with Crippen LogP contribution in [0.4, 0.5) is 0 Å². The van der Waals surface area contributed by atoms with Crippen LogP contribution in [-0.2, 0) is 0 Å². The van der Waals surface area contributed by atoms with Gasteiger partial charge in [0.05, 0.1) is 0 Å². The van der Waals surface area contributed by atoms with Crippen LogP contribution in [0.1, 0.15) is 53.4 Å². The summed E-state index contributed by atoms with van der Waals surface area (Å²) in [4.78, 5) is 0. The highest BCUT2D eigenvalue weighted by Crippen LogP contribution is 2.26. The summed E-state index contributed by atoms with van der Waals surface area (Å²) in [6.07, 6.45) is 5.09. The van der Waals surface area contributed by atoms with E-state index in [0.29, 0.717) is 0 Å². The summed E-state index contributed by atoms with van der Waals surface area (Å²) in [5.41, 5.74) is 0. The Bertz CT molecular complexity index is 92.2. The summed E-state index contributed by atoms with van der Waals surface area (Å²) in [6, 6.07) is 0. The smallest absolute Gasteiger partial charge is 0.0391 e. The second-order valence-corrected chi connectivity index (χ2v) is 4.18. The Morgan fingerprint density at radius 3 is 2.00 bits per heavy atom. The van der Waals surface area contributed by atoms with Gasteiger partial charge in [0, 0.05) is 0 Å². The van der Waals surface area contributed by atoms with E-state index in [-0.39, 0.29) is 0 Å². The van der Waals surface area contributed by atoms with Crippen molar-refractivity contribution in [3.8, 4) is 0 Å². The van der Waals surface area contributed by atoms with E-state index in [1.54, 1.807) is 0 Å². The first-order valence-electron chi connectivity index (χ1n) is 5.44. The second kappa shape index (κ2) is 6.51. The minimum Gasteiger partial charge on any atom is -0.0651 e. The van der Waals surface area contributed by atoms with Crippen molar-refractivity contribution in [2.24, 2.45) is 17.8 Å². The van der Waals surface area contributed by atoms with Crippen LogP contribution >= 0.6 is 0 Å². The maximum absolute atomic E-state index is 4.01. The summed E-state index contributed by atoms with van der Waals surface area (Å²) in [5, 5.41) is 0. The Hall–Kier alpha value is 0. The zero-order valence-electron chi connectivity index (χ0n) is 9.27. The molecule has 0 nitrogen and oxygen atoms in total. The number of rotatable bonds is 6. The SMILES string of the molecule is [CH2]CC(CC)C(C)CC(C)CC. The number of hydrogen-bond acceptors (Lipinski definition) is 0. The molecule has 73 valence electrons. The van der Waals surface area contributed by atoms with Gasteiger partial charge in [-0.2, -0.15) is 0 Å². The van der Waals surface area contributed by atoms with Gasteiger partial charge in [-0.25, -0.2) is 0 Å². The topological polar surface area (TPSA) is 0 Å². The van der Waals surface area contributed by atoms with Gasteiger partial charge >= 0.3 is 0 Å². The van der Waals surface area contributed by atoms with Crippen molar-refractivity contribution in [3.63, 3.8) is 0 Å². The van der Waals surface area contributed by atoms with Crippen molar-refractivity contribution in [2.45, 2.75) is 53.4 Å². The van der Waals surface area contributed by atoms with Crippen LogP contribution in [-0.4, -0.2) is 0 Å². The van der Waals surface area contributed by atoms with E-state index in [1.165, 1.54) is 19.3 Å². The van der Waals surface area contributed by atoms with Gasteiger partial charge in [0.25, 0.3) is 0 Å². The standard InChI is InChI=1S/C12H25/c1-6-10(4)9-11(5)12(7-2)8-3/h10-12H,2,6-9H2,1,3-5H3. The van der Waals surface area contributed by atoms with Gasteiger partial charge in [-0.05, 0) is 24.2 Å². The van der Waals surface area contributed by atoms with Gasteiger partial charge in [0.15, 0.2) is 0 Å². The Labute approximate surface area is 78.8 Å². The first kappa shape index (κ1) is 12.0. The molecule has 12 heavy (non-hydrogen) atoms. The van der Waals surface area contributed by atoms with Crippen LogP contribution in [0.3, 0.4) is 0 Å². The lowest BCUT2D eigenvalue weighted by molar-refractivity contribution is 0.285. The predicted molar refractivity (Wildman–Crippen MR) is 57.0 cm³/mol. The van der Waals surface area contributed by atoms with Crippen LogP contribution < -0.4 is 0 Å². The fraction of sp³-hybridized carbons (Fsp3) is 0.917. The van der Waals surface area contributed by atoms with E-state index < -0.39 is 0 Å². The molecule has 0 bridgehead atoms. The molecule has 3 atom stereocenters. The quantitative estimate of drug-likeness (QED) is 0.556. The first-order chi connectivity index (χ1) is 5.65. The molecule has 0 heteroatoms. The van der Waals surface area contributed by atoms with Crippen molar-refractivity contribution in [1.82, 2.24) is 0 Å². The molecule has 0 rings (SSSR count). The molecule has 0 aliphatic rings. The van der Waals surface area contributed by atoms with E-state index >= 15 is 0 Å². The highest BCUT2D eigenvalue weighted by molar-refractivity contribution is 4.68. The van der Waals surface area contributed by atoms with Crippen LogP contribution in [0, 0.1) is 24.7 Å². The average Bonchev–Trinajstić information content (AvgIpc) is 2.06. The van der Waals surface area contributed by atoms with Crippen LogP contribution in [0.2, 0.25) is 0 Å². The molecule has 0 aromatic rings. The first-order valence-corrected chi connectivity index (χ1v) is 5.44. The fourth-order valence-electron chi connectivity index (χ4n) is 1.88. The van der Waals surface area contributed by atoms with E-state index in [2.05, 4.69) is 34.6 Å². The molecule has 0 aromatic carbocycles. The summed E-state index contributed by atoms with van der Waals surface area (Å²) < 4.78 is 0. The summed E-state index contributed by atoms with van der Waals surface area (Å²) in [5.74, 6) is 2.60. The molecule has 0 heterocycles. The van der Waals surface area contributed by atoms with Crippen LogP contribution in [0.25, 0.3) is 0 Å². The Kier molecular flexibility index (Phi) is 6.51. The lowest BCUT2D eigenvalue weighted by Gasteiger charge is -2.23. The van der Waals surface area contributed by atoms with Gasteiger partial charge in [-0.1, -0.05) is 53.9 Å². The van der Waals surface area contributed by atoms with Crippen molar-refractivity contribution < 1.29 is 0 Å². The predicted octanol–water partition coefficient (Wildman–Crippen LogP) is 4.31. The molecule has 0 aliphatic heterocycles. The number of hydrogen-bond donors (Lipinski definition) is 0. The normalized spacial score (nSPS) is 16.5. The highest BCUT2D eigenvalue weighted by atomic mass is 14.2. The largest absolute Gasteiger partial charge is 0.0651 e. The molecule has 1 radical (unpaired) electrons. The monoisotopic (exact) mass is 169 g/mol. The molecule has 0 saturated heterocycles. The fourth-order valence-corrected chi connectivity index (χ4v) is 1.88. The van der Waals surface area contributed by atoms with Crippen molar-refractivity contribution >= 4 is 0 Å². The summed E-state index contributed by atoms with van der Waals surface area (Å²) in [7, 11) is 0. The van der Waals surface area contributed by atoms with E-state index in [4.69, 9.17) is 0 Å². The Balaban J connectivity index is 3.75. The molecule has 0 saturated carbocycles. The molecule has 0 amide bonds. The van der Waals surface area contributed by atoms with E-state index in [0.717, 1.165) is 24.2 Å². The minimum absolute atomic E-state index is 0.846. The highest BCUT2D eigenvalue weighted by Gasteiger charge is 2.15. The zero-order valence-corrected chi connectivity index (χ0v) is 9.27. The zero-order chi connectivity index (χ0) is 9.56. The van der Waals surface area contributed by atoms with Crippen molar-refractivity contribution in [3.05, 3.63) is 6.92 Å². The molecule has 0 aliphatic carbocycles. The molecular weight excluding hydrogens is 144 g/mol. The van der Waals surface area contributed by atoms with E-state index in [1.807, 2.05) is 0 Å². The maximum Gasteiger partial charge on any atom is -0.0391 e. The van der Waals surface area contributed by atoms with Gasteiger partial charge in [0.2, 0.25) is 0 Å². The molecular formula is C12H25. The second-order valence-electron chi connectivity index (χ2n) is 4.18. The van der Waals surface area contributed by atoms with Gasteiger partial charge < -0.3 is 0 Å². The molecule has 0 N–H and O–H groups in total. The van der Waals surface area contributed by atoms with Gasteiger partial charge in [-0.3, -0.25) is 0 Å². The third-order valence-corrected chi connectivity index (χ3v) is 3.17. The van der Waals surface area contributed by atoms with Crippen LogP contribution in [0.15, 0.2) is 0 Å². The molecule has 0 fully saturated rings.